The number of ether oxygens (including phenoxy) is 2. The van der Waals surface area contributed by atoms with Crippen molar-refractivity contribution in [2.75, 3.05) is 32.2 Å². The number of halogens is 1. The molecule has 1 aromatic heterocycles. The van der Waals surface area contributed by atoms with Gasteiger partial charge in [-0.05, 0) is 53.2 Å². The number of nitrogens with one attached hydrogen (secondary N) is 1. The van der Waals surface area contributed by atoms with E-state index in [1.807, 2.05) is 45.4 Å². The molecule has 10 heteroatoms. The summed E-state index contributed by atoms with van der Waals surface area (Å²) in [5, 5.41) is 8.70. The van der Waals surface area contributed by atoms with Gasteiger partial charge in [0.05, 0.1) is 24.4 Å². The zero-order valence-electron chi connectivity index (χ0n) is 20.8. The molecule has 0 aliphatic carbocycles. The molecule has 1 atom stereocenters. The summed E-state index contributed by atoms with van der Waals surface area (Å²) in [4.78, 5) is 18.4. The van der Waals surface area contributed by atoms with E-state index in [0.717, 1.165) is 39.5 Å². The van der Waals surface area contributed by atoms with Gasteiger partial charge in [0, 0.05) is 35.2 Å². The van der Waals surface area contributed by atoms with E-state index in [-0.39, 0.29) is 18.1 Å². The second-order valence-corrected chi connectivity index (χ2v) is 10.3. The highest BCUT2D eigenvalue weighted by Gasteiger charge is 2.38. The minimum Gasteiger partial charge on any atom is -0.496 e. The smallest absolute Gasteiger partial charge is 0.410 e. The molecule has 3 heterocycles. The van der Waals surface area contributed by atoms with E-state index >= 15 is 0 Å². The molecular weight excluding hydrogens is 456 g/mol. The number of nitrogens with zero attached hydrogens (tertiary/aromatic N) is 4. The Labute approximate surface area is 205 Å². The monoisotopic (exact) mass is 488 g/mol. The first-order valence-electron chi connectivity index (χ1n) is 11.4. The van der Waals surface area contributed by atoms with Gasteiger partial charge in [-0.3, -0.25) is 0 Å². The summed E-state index contributed by atoms with van der Waals surface area (Å²) in [6.07, 6.45) is -0.306. The molecule has 1 fully saturated rings. The number of benzene rings is 1. The fourth-order valence-electron chi connectivity index (χ4n) is 4.65. The molecule has 0 radical (unpaired) electrons. The molecule has 34 heavy (non-hydrogen) atoms. The van der Waals surface area contributed by atoms with Crippen molar-refractivity contribution in [1.29, 1.82) is 0 Å². The second-order valence-electron chi connectivity index (χ2n) is 9.91. The first-order chi connectivity index (χ1) is 15.9. The molecule has 184 valence electrons. The second kappa shape index (κ2) is 8.69. The summed E-state index contributed by atoms with van der Waals surface area (Å²) < 4.78 is 13.4. The lowest BCUT2D eigenvalue weighted by Crippen LogP contribution is -2.50. The van der Waals surface area contributed by atoms with E-state index in [2.05, 4.69) is 17.2 Å². The summed E-state index contributed by atoms with van der Waals surface area (Å²) in [5.74, 6) is 2.18. The number of hydrogen-bond donors (Lipinski definition) is 2. The number of aromatic nitrogens is 2. The summed E-state index contributed by atoms with van der Waals surface area (Å²) in [7, 11) is 1.67. The van der Waals surface area contributed by atoms with E-state index in [9.17, 15) is 4.79 Å². The fourth-order valence-corrected chi connectivity index (χ4v) is 4.86. The number of likely N-dealkylation sites (tertiary alicyclic amines) is 1. The predicted molar refractivity (Wildman–Crippen MR) is 133 cm³/mol. The van der Waals surface area contributed by atoms with Crippen molar-refractivity contribution >= 4 is 29.3 Å². The van der Waals surface area contributed by atoms with Crippen LogP contribution in [0.4, 0.5) is 10.6 Å². The molecule has 4 rings (SSSR count). The number of rotatable bonds is 4. The molecule has 0 spiro atoms. The number of fused-ring (bicyclic) bond motifs is 1. The average molecular weight is 489 g/mol. The minimum absolute atomic E-state index is 0.0984. The van der Waals surface area contributed by atoms with Gasteiger partial charge in [0.1, 0.15) is 29.7 Å². The normalized spacial score (nSPS) is 16.8. The highest BCUT2D eigenvalue weighted by atomic mass is 35.5. The highest BCUT2D eigenvalue weighted by molar-refractivity contribution is 6.31. The van der Waals surface area contributed by atoms with Gasteiger partial charge < -0.3 is 25.4 Å². The summed E-state index contributed by atoms with van der Waals surface area (Å²) in [5.41, 5.74) is 10.1. The molecule has 2 aliphatic heterocycles. The Morgan fingerprint density at radius 3 is 2.62 bits per heavy atom. The van der Waals surface area contributed by atoms with Crippen LogP contribution < -0.4 is 15.8 Å². The number of aliphatic imine (C=N–C) groups is 1. The van der Waals surface area contributed by atoms with Crippen LogP contribution in [-0.4, -0.2) is 59.1 Å². The van der Waals surface area contributed by atoms with Crippen LogP contribution >= 0.6 is 11.6 Å². The van der Waals surface area contributed by atoms with Gasteiger partial charge in [0.25, 0.3) is 0 Å². The predicted octanol–water partition coefficient (Wildman–Crippen LogP) is 4.19. The van der Waals surface area contributed by atoms with Crippen LogP contribution in [0.1, 0.15) is 67.6 Å². The molecule has 1 unspecified atom stereocenters. The zero-order chi connectivity index (χ0) is 24.9. The number of carbonyl (C=O) groups excluding carboxylic acids is 1. The Morgan fingerprint density at radius 1 is 1.32 bits per heavy atom. The van der Waals surface area contributed by atoms with Crippen LogP contribution in [0.3, 0.4) is 0 Å². The number of carbonyl (C=O) groups is 1. The Bertz CT molecular complexity index is 1160. The van der Waals surface area contributed by atoms with Gasteiger partial charge in [-0.2, -0.15) is 5.10 Å². The van der Waals surface area contributed by atoms with Crippen molar-refractivity contribution in [3.05, 3.63) is 39.0 Å². The van der Waals surface area contributed by atoms with Crippen molar-refractivity contribution < 1.29 is 14.3 Å². The maximum absolute atomic E-state index is 12.5. The van der Waals surface area contributed by atoms with Gasteiger partial charge >= 0.3 is 6.09 Å². The van der Waals surface area contributed by atoms with Crippen molar-refractivity contribution in [1.82, 2.24) is 14.7 Å². The first kappa shape index (κ1) is 24.2. The number of anilines is 1. The van der Waals surface area contributed by atoms with Gasteiger partial charge in [-0.25, -0.2) is 14.5 Å². The SMILES string of the molecule is COc1c(C(C)n2nc(C)c3c2NCN=C3N)cc(Cl)c(C)c1C1CN(C(=O)OC(C)(C)C)C1. The van der Waals surface area contributed by atoms with Crippen LogP contribution in [0.15, 0.2) is 11.1 Å². The molecule has 1 amide bonds. The number of aryl methyl sites for hydroxylation is 1. The Kier molecular flexibility index (Phi) is 6.18. The number of nitrogens with two attached hydrogens (primary N) is 1. The lowest BCUT2D eigenvalue weighted by atomic mass is 9.85. The molecular formula is C24H33ClN6O3. The summed E-state index contributed by atoms with van der Waals surface area (Å²) in [6, 6.07) is 1.76. The molecule has 1 saturated heterocycles. The maximum Gasteiger partial charge on any atom is 0.410 e. The first-order valence-corrected chi connectivity index (χ1v) is 11.8. The third-order valence-electron chi connectivity index (χ3n) is 6.35. The average Bonchev–Trinajstić information content (AvgIpc) is 3.05. The van der Waals surface area contributed by atoms with Crippen molar-refractivity contribution in [2.24, 2.45) is 10.7 Å². The Hall–Kier alpha value is -2.94. The number of methoxy groups -OCH3 is 1. The topological polar surface area (TPSA) is 107 Å². The lowest BCUT2D eigenvalue weighted by molar-refractivity contribution is 0.00793. The summed E-state index contributed by atoms with van der Waals surface area (Å²) in [6.45, 7) is 13.0. The standard InChI is InChI=1S/C24H33ClN6O3/c1-12-17(25)8-16(14(3)31-22-19(13(2)29-31)21(26)27-11-28-22)20(33-7)18(12)15-9-30(10-15)23(32)34-24(4,5)6/h8,14-15,28H,9-11H2,1-7H3,(H2,26,27). The third kappa shape index (κ3) is 4.17. The van der Waals surface area contributed by atoms with Crippen LogP contribution in [0.2, 0.25) is 5.02 Å². The lowest BCUT2D eigenvalue weighted by Gasteiger charge is -2.41. The number of amidine groups is 1. The summed E-state index contributed by atoms with van der Waals surface area (Å²) >= 11 is 6.72. The highest BCUT2D eigenvalue weighted by Crippen LogP contribution is 2.44. The van der Waals surface area contributed by atoms with Gasteiger partial charge in [-0.1, -0.05) is 11.6 Å². The van der Waals surface area contributed by atoms with Crippen LogP contribution in [-0.2, 0) is 4.74 Å². The van der Waals surface area contributed by atoms with Gasteiger partial charge in [-0.15, -0.1) is 0 Å². The molecule has 0 bridgehead atoms. The van der Waals surface area contributed by atoms with E-state index in [1.165, 1.54) is 0 Å². The number of hydrogen-bond acceptors (Lipinski definition) is 7. The number of amides is 1. The van der Waals surface area contributed by atoms with Crippen LogP contribution in [0, 0.1) is 13.8 Å². The Morgan fingerprint density at radius 2 is 2.00 bits per heavy atom. The fraction of sp³-hybridized carbons (Fsp3) is 0.542. The largest absolute Gasteiger partial charge is 0.496 e. The van der Waals surface area contributed by atoms with E-state index in [1.54, 1.807) is 12.0 Å². The zero-order valence-corrected chi connectivity index (χ0v) is 21.6. The molecule has 2 aliphatic rings. The van der Waals surface area contributed by atoms with E-state index in [0.29, 0.717) is 30.6 Å². The van der Waals surface area contributed by atoms with Crippen molar-refractivity contribution in [2.45, 2.75) is 59.1 Å². The molecule has 9 nitrogen and oxygen atoms in total. The minimum atomic E-state index is -0.530. The third-order valence-corrected chi connectivity index (χ3v) is 6.74. The molecule has 1 aromatic carbocycles. The molecule has 0 saturated carbocycles. The van der Waals surface area contributed by atoms with Crippen molar-refractivity contribution in [3.8, 4) is 5.75 Å². The van der Waals surface area contributed by atoms with Gasteiger partial charge in [0.2, 0.25) is 0 Å². The quantitative estimate of drug-likeness (QED) is 0.668. The molecule has 2 aromatic rings. The van der Waals surface area contributed by atoms with Crippen molar-refractivity contribution in [3.63, 3.8) is 0 Å². The molecule has 3 N–H and O–H groups in total. The van der Waals surface area contributed by atoms with E-state index in [4.69, 9.17) is 31.9 Å². The maximum atomic E-state index is 12.5. The van der Waals surface area contributed by atoms with Crippen LogP contribution in [0.25, 0.3) is 0 Å². The van der Waals surface area contributed by atoms with E-state index < -0.39 is 5.60 Å². The van der Waals surface area contributed by atoms with Crippen LogP contribution in [0.5, 0.6) is 5.75 Å². The van der Waals surface area contributed by atoms with Gasteiger partial charge in [0.15, 0.2) is 0 Å². The Balaban J connectivity index is 1.69.